The molecule has 2 unspecified atom stereocenters. The second-order valence-electron chi connectivity index (χ2n) is 5.21. The van der Waals surface area contributed by atoms with Crippen LogP contribution in [0, 0.1) is 0 Å². The molecule has 2 N–H and O–H groups in total. The summed E-state index contributed by atoms with van der Waals surface area (Å²) in [6, 6.07) is 6.60. The summed E-state index contributed by atoms with van der Waals surface area (Å²) < 4.78 is 28.5. The van der Waals surface area contributed by atoms with Crippen molar-refractivity contribution in [2.75, 3.05) is 11.0 Å². The van der Waals surface area contributed by atoms with E-state index in [1.54, 1.807) is 24.3 Å². The number of aryl methyl sites for hydroxylation is 1. The highest BCUT2D eigenvalue weighted by Gasteiger charge is 2.22. The molecule has 6 nitrogen and oxygen atoms in total. The van der Waals surface area contributed by atoms with Gasteiger partial charge in [-0.3, -0.25) is 4.72 Å². The van der Waals surface area contributed by atoms with Crippen molar-refractivity contribution < 1.29 is 18.1 Å². The maximum absolute atomic E-state index is 11.1. The molecule has 0 aliphatic carbocycles. The number of aromatic nitrogens is 2. The molecule has 0 bridgehead atoms. The highest BCUT2D eigenvalue weighted by molar-refractivity contribution is 7.92. The van der Waals surface area contributed by atoms with E-state index in [1.165, 1.54) is 0 Å². The van der Waals surface area contributed by atoms with Gasteiger partial charge in [0.05, 0.1) is 13.3 Å². The molecule has 0 fully saturated rings. The molecular formula is C14H20N3O3S+. The third-order valence-electron chi connectivity index (χ3n) is 3.27. The van der Waals surface area contributed by atoms with Crippen molar-refractivity contribution in [3.8, 4) is 0 Å². The molecule has 1 heterocycles. The van der Waals surface area contributed by atoms with Crippen LogP contribution in [-0.4, -0.2) is 24.3 Å². The standard InChI is InChI=1S/C14H20N3O3S/c1-11(17-9-8-16(2)10-17)14(18)12-4-6-13(7-5-12)15-21(3,19)20/h4-11,14-15,18H,1-3H3/q+1. The maximum Gasteiger partial charge on any atom is 0.243 e. The number of aliphatic hydroxyl groups is 1. The Labute approximate surface area is 124 Å². The fourth-order valence-corrected chi connectivity index (χ4v) is 2.68. The number of nitrogens with zero attached hydrogens (tertiary/aromatic N) is 2. The summed E-state index contributed by atoms with van der Waals surface area (Å²) in [6.07, 6.45) is 6.12. The van der Waals surface area contributed by atoms with Crippen LogP contribution in [0.2, 0.25) is 0 Å². The Kier molecular flexibility index (Phi) is 4.34. The van der Waals surface area contributed by atoms with Gasteiger partial charge in [-0.2, -0.15) is 0 Å². The van der Waals surface area contributed by atoms with Gasteiger partial charge in [-0.05, 0) is 24.6 Å². The van der Waals surface area contributed by atoms with Gasteiger partial charge in [0.1, 0.15) is 24.5 Å². The van der Waals surface area contributed by atoms with Crippen LogP contribution < -0.4 is 9.29 Å². The van der Waals surface area contributed by atoms with E-state index in [4.69, 9.17) is 0 Å². The highest BCUT2D eigenvalue weighted by atomic mass is 32.2. The van der Waals surface area contributed by atoms with Crippen molar-refractivity contribution in [3.63, 3.8) is 0 Å². The van der Waals surface area contributed by atoms with Crippen LogP contribution >= 0.6 is 0 Å². The topological polar surface area (TPSA) is 75.2 Å². The molecule has 0 saturated carbocycles. The molecule has 0 aliphatic rings. The molecule has 0 spiro atoms. The van der Waals surface area contributed by atoms with Crippen molar-refractivity contribution >= 4 is 15.7 Å². The molecule has 114 valence electrons. The average molecular weight is 310 g/mol. The van der Waals surface area contributed by atoms with Gasteiger partial charge in [0.15, 0.2) is 0 Å². The first-order valence-electron chi connectivity index (χ1n) is 6.55. The average Bonchev–Trinajstić information content (AvgIpc) is 2.83. The Bertz CT molecular complexity index is 707. The minimum Gasteiger partial charge on any atom is -0.384 e. The van der Waals surface area contributed by atoms with E-state index in [0.717, 1.165) is 11.8 Å². The van der Waals surface area contributed by atoms with Crippen LogP contribution in [0.3, 0.4) is 0 Å². The molecule has 0 aliphatic heterocycles. The molecule has 7 heteroatoms. The first kappa shape index (κ1) is 15.5. The van der Waals surface area contributed by atoms with E-state index in [0.29, 0.717) is 5.69 Å². The summed E-state index contributed by atoms with van der Waals surface area (Å²) in [5.41, 5.74) is 1.21. The van der Waals surface area contributed by atoms with Crippen LogP contribution in [0.5, 0.6) is 0 Å². The van der Waals surface area contributed by atoms with E-state index >= 15 is 0 Å². The Balaban J connectivity index is 2.14. The number of hydrogen-bond acceptors (Lipinski definition) is 3. The quantitative estimate of drug-likeness (QED) is 0.808. The third kappa shape index (κ3) is 4.05. The lowest BCUT2D eigenvalue weighted by Crippen LogP contribution is -2.25. The summed E-state index contributed by atoms with van der Waals surface area (Å²) in [5, 5.41) is 10.4. The number of rotatable bonds is 5. The van der Waals surface area contributed by atoms with Gasteiger partial charge in [0, 0.05) is 5.69 Å². The molecule has 2 rings (SSSR count). The van der Waals surface area contributed by atoms with Gasteiger partial charge in [-0.1, -0.05) is 12.1 Å². The normalized spacial score (nSPS) is 14.7. The van der Waals surface area contributed by atoms with Gasteiger partial charge >= 0.3 is 0 Å². The molecule has 2 atom stereocenters. The lowest BCUT2D eigenvalue weighted by Gasteiger charge is -2.17. The predicted octanol–water partition coefficient (Wildman–Crippen LogP) is 0.979. The highest BCUT2D eigenvalue weighted by Crippen LogP contribution is 2.26. The van der Waals surface area contributed by atoms with E-state index in [9.17, 15) is 13.5 Å². The maximum atomic E-state index is 11.1. The van der Waals surface area contributed by atoms with Crippen LogP contribution in [0.4, 0.5) is 5.69 Å². The zero-order valence-corrected chi connectivity index (χ0v) is 13.1. The van der Waals surface area contributed by atoms with Gasteiger partial charge in [0.25, 0.3) is 0 Å². The molecule has 2 aromatic rings. The zero-order chi connectivity index (χ0) is 15.6. The fraction of sp³-hybridized carbons (Fsp3) is 0.357. The van der Waals surface area contributed by atoms with Gasteiger partial charge in [-0.15, -0.1) is 0 Å². The van der Waals surface area contributed by atoms with Crippen molar-refractivity contribution in [2.24, 2.45) is 7.05 Å². The first-order chi connectivity index (χ1) is 9.76. The molecular weight excluding hydrogens is 290 g/mol. The Morgan fingerprint density at radius 3 is 2.38 bits per heavy atom. The number of benzene rings is 1. The summed E-state index contributed by atoms with van der Waals surface area (Å²) in [6.45, 7) is 1.92. The minimum absolute atomic E-state index is 0.125. The largest absolute Gasteiger partial charge is 0.384 e. The number of imidazole rings is 1. The summed E-state index contributed by atoms with van der Waals surface area (Å²) in [5.74, 6) is 0. The molecule has 1 aromatic heterocycles. The van der Waals surface area contributed by atoms with Crippen LogP contribution in [0.25, 0.3) is 0 Å². The zero-order valence-electron chi connectivity index (χ0n) is 12.3. The number of hydrogen-bond donors (Lipinski definition) is 2. The second kappa shape index (κ2) is 5.87. The smallest absolute Gasteiger partial charge is 0.243 e. The minimum atomic E-state index is -3.29. The van der Waals surface area contributed by atoms with E-state index < -0.39 is 16.1 Å². The first-order valence-corrected chi connectivity index (χ1v) is 8.44. The number of nitrogens with one attached hydrogen (secondary N) is 1. The van der Waals surface area contributed by atoms with E-state index in [-0.39, 0.29) is 6.04 Å². The van der Waals surface area contributed by atoms with Crippen molar-refractivity contribution in [2.45, 2.75) is 19.1 Å². The number of aliphatic hydroxyl groups excluding tert-OH is 1. The SMILES string of the molecule is CC(C(O)c1ccc(NS(C)(=O)=O)cc1)n1cc[n+](C)c1. The summed E-state index contributed by atoms with van der Waals surface area (Å²) >= 11 is 0. The summed E-state index contributed by atoms with van der Waals surface area (Å²) in [4.78, 5) is 0. The molecule has 21 heavy (non-hydrogen) atoms. The lowest BCUT2D eigenvalue weighted by atomic mass is 10.0. The Morgan fingerprint density at radius 1 is 1.29 bits per heavy atom. The van der Waals surface area contributed by atoms with Crippen molar-refractivity contribution in [1.29, 1.82) is 0 Å². The van der Waals surface area contributed by atoms with Crippen LogP contribution in [0.15, 0.2) is 43.0 Å². The van der Waals surface area contributed by atoms with Crippen LogP contribution in [0.1, 0.15) is 24.6 Å². The van der Waals surface area contributed by atoms with E-state index in [1.807, 2.05) is 41.8 Å². The number of sulfonamides is 1. The monoisotopic (exact) mass is 310 g/mol. The predicted molar refractivity (Wildman–Crippen MR) is 80.2 cm³/mol. The second-order valence-corrected chi connectivity index (χ2v) is 6.96. The van der Waals surface area contributed by atoms with Crippen LogP contribution in [-0.2, 0) is 17.1 Å². The lowest BCUT2D eigenvalue weighted by molar-refractivity contribution is -0.671. The summed E-state index contributed by atoms with van der Waals surface area (Å²) in [7, 11) is -1.37. The third-order valence-corrected chi connectivity index (χ3v) is 3.88. The van der Waals surface area contributed by atoms with E-state index in [2.05, 4.69) is 4.72 Å². The van der Waals surface area contributed by atoms with Crippen molar-refractivity contribution in [1.82, 2.24) is 4.57 Å². The number of anilines is 1. The Hall–Kier alpha value is -1.86. The molecule has 0 radical (unpaired) electrons. The van der Waals surface area contributed by atoms with Gasteiger partial charge in [0.2, 0.25) is 16.4 Å². The molecule has 0 amide bonds. The Morgan fingerprint density at radius 2 is 1.90 bits per heavy atom. The molecule has 0 saturated heterocycles. The van der Waals surface area contributed by atoms with Gasteiger partial charge in [-0.25, -0.2) is 17.6 Å². The fourth-order valence-electron chi connectivity index (χ4n) is 2.11. The van der Waals surface area contributed by atoms with Gasteiger partial charge < -0.3 is 5.11 Å². The van der Waals surface area contributed by atoms with Crippen molar-refractivity contribution in [3.05, 3.63) is 48.5 Å². The molecule has 1 aromatic carbocycles.